The summed E-state index contributed by atoms with van der Waals surface area (Å²) in [5.41, 5.74) is 3.81. The summed E-state index contributed by atoms with van der Waals surface area (Å²) in [6, 6.07) is 15.8. The predicted octanol–water partition coefficient (Wildman–Crippen LogP) is 3.72. The fourth-order valence-electron chi connectivity index (χ4n) is 2.81. The van der Waals surface area contributed by atoms with Crippen LogP contribution in [0.15, 0.2) is 48.5 Å². The number of likely N-dealkylation sites (N-methyl/N-ethyl adjacent to an activating group) is 1. The van der Waals surface area contributed by atoms with Crippen LogP contribution in [0.3, 0.4) is 0 Å². The first-order valence-corrected chi connectivity index (χ1v) is 8.61. The van der Waals surface area contributed by atoms with Crippen LogP contribution in [-0.2, 0) is 16.0 Å². The van der Waals surface area contributed by atoms with Gasteiger partial charge in [-0.1, -0.05) is 49.4 Å². The number of nitrogens with one attached hydrogen (secondary N) is 1. The van der Waals surface area contributed by atoms with Crippen molar-refractivity contribution in [1.29, 1.82) is 0 Å². The number of carbonyl (C=O) groups excluding carboxylic acids is 2. The van der Waals surface area contributed by atoms with Crippen LogP contribution in [0.1, 0.15) is 30.0 Å². The van der Waals surface area contributed by atoms with Crippen LogP contribution < -0.4 is 5.32 Å². The first kappa shape index (κ1) is 18.7. The Morgan fingerprint density at radius 2 is 1.76 bits per heavy atom. The monoisotopic (exact) mass is 338 g/mol. The molecule has 1 unspecified atom stereocenters. The smallest absolute Gasteiger partial charge is 0.313 e. The van der Waals surface area contributed by atoms with E-state index in [4.69, 9.17) is 0 Å². The summed E-state index contributed by atoms with van der Waals surface area (Å²) in [6.45, 7) is 5.89. The molecule has 25 heavy (non-hydrogen) atoms. The molecule has 2 aromatic carbocycles. The Morgan fingerprint density at radius 3 is 2.40 bits per heavy atom. The molecule has 2 amide bonds. The first-order chi connectivity index (χ1) is 11.9. The number of anilines is 1. The Hall–Kier alpha value is -2.62. The van der Waals surface area contributed by atoms with Gasteiger partial charge in [0.1, 0.15) is 0 Å². The Bertz CT molecular complexity index is 741. The molecule has 4 heteroatoms. The maximum absolute atomic E-state index is 12.5. The third-order valence-corrected chi connectivity index (χ3v) is 4.49. The summed E-state index contributed by atoms with van der Waals surface area (Å²) in [4.78, 5) is 26.5. The molecule has 0 saturated carbocycles. The van der Waals surface area contributed by atoms with Crippen molar-refractivity contribution in [2.45, 2.75) is 39.7 Å². The Morgan fingerprint density at radius 1 is 1.08 bits per heavy atom. The van der Waals surface area contributed by atoms with Crippen molar-refractivity contribution < 1.29 is 9.59 Å². The van der Waals surface area contributed by atoms with Gasteiger partial charge in [0.2, 0.25) is 0 Å². The molecule has 0 aromatic heterocycles. The highest BCUT2D eigenvalue weighted by Gasteiger charge is 2.25. The van der Waals surface area contributed by atoms with E-state index in [-0.39, 0.29) is 6.04 Å². The number of hydrogen-bond acceptors (Lipinski definition) is 2. The van der Waals surface area contributed by atoms with Gasteiger partial charge in [0.25, 0.3) is 0 Å². The molecule has 0 aliphatic carbocycles. The van der Waals surface area contributed by atoms with Gasteiger partial charge >= 0.3 is 11.8 Å². The van der Waals surface area contributed by atoms with Gasteiger partial charge in [-0.2, -0.15) is 0 Å². The van der Waals surface area contributed by atoms with Gasteiger partial charge in [-0.05, 0) is 49.4 Å². The molecule has 0 aliphatic rings. The molecule has 0 spiro atoms. The largest absolute Gasteiger partial charge is 0.334 e. The molecule has 1 atom stereocenters. The quantitative estimate of drug-likeness (QED) is 0.845. The lowest BCUT2D eigenvalue weighted by molar-refractivity contribution is -0.143. The van der Waals surface area contributed by atoms with E-state index in [1.54, 1.807) is 11.9 Å². The van der Waals surface area contributed by atoms with Crippen LogP contribution in [-0.4, -0.2) is 29.8 Å². The molecule has 2 rings (SSSR count). The van der Waals surface area contributed by atoms with Crippen LogP contribution in [0, 0.1) is 13.8 Å². The lowest BCUT2D eigenvalue weighted by atomic mass is 10.0. The van der Waals surface area contributed by atoms with E-state index >= 15 is 0 Å². The molecule has 0 radical (unpaired) electrons. The van der Waals surface area contributed by atoms with Crippen molar-refractivity contribution in [3.8, 4) is 0 Å². The molecule has 2 aromatic rings. The first-order valence-electron chi connectivity index (χ1n) is 8.61. The number of amides is 2. The minimum absolute atomic E-state index is 0.0146. The van der Waals surface area contributed by atoms with Crippen molar-refractivity contribution in [2.24, 2.45) is 0 Å². The highest BCUT2D eigenvalue weighted by molar-refractivity contribution is 6.39. The van der Waals surface area contributed by atoms with Crippen molar-refractivity contribution in [3.05, 3.63) is 65.2 Å². The van der Waals surface area contributed by atoms with E-state index < -0.39 is 11.8 Å². The average Bonchev–Trinajstić information content (AvgIpc) is 2.62. The Labute approximate surface area is 149 Å². The van der Waals surface area contributed by atoms with E-state index in [0.29, 0.717) is 5.69 Å². The maximum Gasteiger partial charge on any atom is 0.313 e. The zero-order chi connectivity index (χ0) is 18.4. The van der Waals surface area contributed by atoms with Crippen LogP contribution in [0.25, 0.3) is 0 Å². The van der Waals surface area contributed by atoms with Crippen LogP contribution in [0.2, 0.25) is 0 Å². The second-order valence-electron chi connectivity index (χ2n) is 6.44. The second kappa shape index (κ2) is 8.47. The van der Waals surface area contributed by atoms with Gasteiger partial charge in [-0.15, -0.1) is 0 Å². The minimum atomic E-state index is -0.595. The van der Waals surface area contributed by atoms with Crippen molar-refractivity contribution in [2.75, 3.05) is 12.4 Å². The van der Waals surface area contributed by atoms with Gasteiger partial charge in [0.05, 0.1) is 0 Å². The van der Waals surface area contributed by atoms with Crippen molar-refractivity contribution >= 4 is 17.5 Å². The van der Waals surface area contributed by atoms with E-state index in [0.717, 1.165) is 29.5 Å². The van der Waals surface area contributed by atoms with Gasteiger partial charge in [-0.25, -0.2) is 0 Å². The summed E-state index contributed by atoms with van der Waals surface area (Å²) >= 11 is 0. The SMILES string of the molecule is CCC(Cc1ccccc1)N(C)C(=O)C(=O)Nc1cc(C)ccc1C. The van der Waals surface area contributed by atoms with Crippen LogP contribution in [0.5, 0.6) is 0 Å². The minimum Gasteiger partial charge on any atom is -0.334 e. The number of nitrogens with zero attached hydrogens (tertiary/aromatic N) is 1. The molecular formula is C21H26N2O2. The summed E-state index contributed by atoms with van der Waals surface area (Å²) in [6.07, 6.45) is 1.52. The third kappa shape index (κ3) is 4.92. The molecule has 1 N–H and O–H groups in total. The Balaban J connectivity index is 2.06. The highest BCUT2D eigenvalue weighted by atomic mass is 16.2. The molecule has 0 heterocycles. The number of benzene rings is 2. The molecular weight excluding hydrogens is 312 g/mol. The molecule has 0 fully saturated rings. The van der Waals surface area contributed by atoms with Crippen molar-refractivity contribution in [3.63, 3.8) is 0 Å². The predicted molar refractivity (Wildman–Crippen MR) is 102 cm³/mol. The summed E-state index contributed by atoms with van der Waals surface area (Å²) in [7, 11) is 1.70. The van der Waals surface area contributed by atoms with E-state index in [1.807, 2.05) is 69.3 Å². The topological polar surface area (TPSA) is 49.4 Å². The van der Waals surface area contributed by atoms with Gasteiger partial charge < -0.3 is 10.2 Å². The van der Waals surface area contributed by atoms with Crippen LogP contribution in [0.4, 0.5) is 5.69 Å². The summed E-state index contributed by atoms with van der Waals surface area (Å²) in [5, 5.41) is 2.74. The number of carbonyl (C=O) groups is 2. The molecule has 0 saturated heterocycles. The van der Waals surface area contributed by atoms with Crippen molar-refractivity contribution in [1.82, 2.24) is 4.90 Å². The molecule has 0 bridgehead atoms. The Kier molecular flexibility index (Phi) is 6.34. The average molecular weight is 338 g/mol. The number of rotatable bonds is 5. The van der Waals surface area contributed by atoms with Gasteiger partial charge in [0, 0.05) is 18.8 Å². The van der Waals surface area contributed by atoms with Crippen LogP contribution >= 0.6 is 0 Å². The van der Waals surface area contributed by atoms with Gasteiger partial charge in [0.15, 0.2) is 0 Å². The lowest BCUT2D eigenvalue weighted by Gasteiger charge is -2.27. The van der Waals surface area contributed by atoms with E-state index in [9.17, 15) is 9.59 Å². The lowest BCUT2D eigenvalue weighted by Crippen LogP contribution is -2.44. The maximum atomic E-state index is 12.5. The zero-order valence-corrected chi connectivity index (χ0v) is 15.4. The summed E-state index contributed by atoms with van der Waals surface area (Å²) < 4.78 is 0. The van der Waals surface area contributed by atoms with Gasteiger partial charge in [-0.3, -0.25) is 9.59 Å². The number of hydrogen-bond donors (Lipinski definition) is 1. The second-order valence-corrected chi connectivity index (χ2v) is 6.44. The zero-order valence-electron chi connectivity index (χ0n) is 15.4. The molecule has 0 aliphatic heterocycles. The fraction of sp³-hybridized carbons (Fsp3) is 0.333. The van der Waals surface area contributed by atoms with E-state index in [1.165, 1.54) is 0 Å². The number of aryl methyl sites for hydroxylation is 2. The van der Waals surface area contributed by atoms with E-state index in [2.05, 4.69) is 5.32 Å². The molecule has 132 valence electrons. The fourth-order valence-corrected chi connectivity index (χ4v) is 2.81. The standard InChI is InChI=1S/C21H26N2O2/c1-5-18(14-17-9-7-6-8-10-17)23(4)21(25)20(24)22-19-13-15(2)11-12-16(19)3/h6-13,18H,5,14H2,1-4H3,(H,22,24). The summed E-state index contributed by atoms with van der Waals surface area (Å²) in [5.74, 6) is -1.11. The molecule has 4 nitrogen and oxygen atoms in total. The normalized spacial score (nSPS) is 11.7. The highest BCUT2D eigenvalue weighted by Crippen LogP contribution is 2.17. The third-order valence-electron chi connectivity index (χ3n) is 4.49.